The van der Waals surface area contributed by atoms with Crippen LogP contribution in [0.25, 0.3) is 16.5 Å². The number of hydrogen-bond acceptors (Lipinski definition) is 13. The lowest BCUT2D eigenvalue weighted by molar-refractivity contribution is -0.136. The number of rotatable bonds is 18. The number of amides is 6. The highest BCUT2D eigenvalue weighted by Gasteiger charge is 2.45. The van der Waals surface area contributed by atoms with Crippen molar-refractivity contribution in [1.29, 1.82) is 0 Å². The number of halogens is 3. The fourth-order valence-electron chi connectivity index (χ4n) is 8.24. The van der Waals surface area contributed by atoms with E-state index in [0.29, 0.717) is 62.6 Å². The minimum absolute atomic E-state index is 0.0290. The molecule has 6 amide bonds. The van der Waals surface area contributed by atoms with Crippen molar-refractivity contribution in [2.45, 2.75) is 38.6 Å². The van der Waals surface area contributed by atoms with Gasteiger partial charge in [0.15, 0.2) is 5.82 Å². The van der Waals surface area contributed by atoms with Gasteiger partial charge in [0, 0.05) is 87.9 Å². The number of hydrogen-bond donors (Lipinski definition) is 3. The summed E-state index contributed by atoms with van der Waals surface area (Å²) in [6.07, 6.45) is 4.93. The van der Waals surface area contributed by atoms with E-state index >= 15 is 8.78 Å². The largest absolute Gasteiger partial charge is 0.382 e. The Bertz CT molecular complexity index is 2480. The summed E-state index contributed by atoms with van der Waals surface area (Å²) in [4.78, 5) is 90.9. The van der Waals surface area contributed by atoms with E-state index in [2.05, 4.69) is 27.5 Å². The number of carbonyl (C=O) groups excluding carboxylic acids is 6. The van der Waals surface area contributed by atoms with Crippen molar-refractivity contribution in [3.63, 3.8) is 0 Å². The average Bonchev–Trinajstić information content (AvgIpc) is 3.55. The molecule has 1 aromatic heterocycles. The third-order valence-corrected chi connectivity index (χ3v) is 12.0. The highest BCUT2D eigenvalue weighted by molar-refractivity contribution is 6.33. The fraction of sp³-hybridized carbons (Fsp3) is 0.422. The second-order valence-corrected chi connectivity index (χ2v) is 16.4. The number of carbonyl (C=O) groups is 6. The summed E-state index contributed by atoms with van der Waals surface area (Å²) in [7, 11) is 1.65. The van der Waals surface area contributed by atoms with Crippen molar-refractivity contribution in [2.24, 2.45) is 5.92 Å². The number of piperidine rings is 1. The summed E-state index contributed by atoms with van der Waals surface area (Å²) >= 11 is 6.69. The molecule has 2 atom stereocenters. The molecule has 2 fully saturated rings. The molecule has 17 nitrogen and oxygen atoms in total. The van der Waals surface area contributed by atoms with E-state index in [4.69, 9.17) is 26.1 Å². The van der Waals surface area contributed by atoms with Crippen LogP contribution in [0.15, 0.2) is 54.9 Å². The second-order valence-electron chi connectivity index (χ2n) is 16.0. The Labute approximate surface area is 378 Å². The maximum atomic E-state index is 16.6. The van der Waals surface area contributed by atoms with E-state index < -0.39 is 41.3 Å². The van der Waals surface area contributed by atoms with Crippen LogP contribution in [0, 0.1) is 11.7 Å². The van der Waals surface area contributed by atoms with Crippen molar-refractivity contribution < 1.29 is 47.0 Å². The van der Waals surface area contributed by atoms with E-state index in [9.17, 15) is 28.8 Å². The average molecular weight is 918 g/mol. The van der Waals surface area contributed by atoms with Gasteiger partial charge in [0.1, 0.15) is 23.2 Å². The monoisotopic (exact) mass is 917 g/mol. The highest BCUT2D eigenvalue weighted by atomic mass is 35.5. The first-order valence-corrected chi connectivity index (χ1v) is 21.8. The van der Waals surface area contributed by atoms with Gasteiger partial charge in [0.05, 0.1) is 42.6 Å². The zero-order valence-electron chi connectivity index (χ0n) is 36.1. The molecule has 0 saturated carbocycles. The Morgan fingerprint density at radius 3 is 2.48 bits per heavy atom. The number of piperazine rings is 1. The van der Waals surface area contributed by atoms with Crippen molar-refractivity contribution in [1.82, 2.24) is 30.0 Å². The van der Waals surface area contributed by atoms with E-state index in [1.165, 1.54) is 23.1 Å². The van der Waals surface area contributed by atoms with Gasteiger partial charge in [0.2, 0.25) is 29.6 Å². The molecule has 20 heteroatoms. The molecule has 1 aliphatic carbocycles. The third kappa shape index (κ3) is 10.2. The van der Waals surface area contributed by atoms with Gasteiger partial charge in [-0.1, -0.05) is 37.2 Å². The van der Waals surface area contributed by atoms with Crippen molar-refractivity contribution in [3.05, 3.63) is 82.4 Å². The van der Waals surface area contributed by atoms with Gasteiger partial charge in [-0.05, 0) is 49.1 Å². The molecule has 0 spiro atoms. The van der Waals surface area contributed by atoms with Gasteiger partial charge in [-0.3, -0.25) is 39.0 Å². The van der Waals surface area contributed by atoms with Crippen LogP contribution >= 0.6 is 11.6 Å². The summed E-state index contributed by atoms with van der Waals surface area (Å²) < 4.78 is 43.1. The summed E-state index contributed by atoms with van der Waals surface area (Å²) in [5.41, 5.74) is 0.812. The molecule has 0 radical (unpaired) electrons. The molecule has 3 N–H and O–H groups in total. The zero-order chi connectivity index (χ0) is 46.4. The number of aromatic nitrogens is 2. The van der Waals surface area contributed by atoms with Crippen molar-refractivity contribution in [2.75, 3.05) is 94.8 Å². The number of fused-ring (bicyclic) bond motifs is 2. The predicted octanol–water partition coefficient (Wildman–Crippen LogP) is 4.34. The molecule has 344 valence electrons. The van der Waals surface area contributed by atoms with Gasteiger partial charge in [-0.2, -0.15) is 4.98 Å². The lowest BCUT2D eigenvalue weighted by Crippen LogP contribution is -2.54. The van der Waals surface area contributed by atoms with Gasteiger partial charge >= 0.3 is 0 Å². The number of likely N-dealkylation sites (N-methyl/N-ethyl adjacent to an activating group) is 1. The predicted molar refractivity (Wildman–Crippen MR) is 238 cm³/mol. The normalized spacial score (nSPS) is 18.6. The van der Waals surface area contributed by atoms with Crippen LogP contribution in [0.3, 0.4) is 0 Å². The first-order chi connectivity index (χ1) is 31.3. The standard InChI is InChI=1S/C45H50ClF2N9O8/c1-4-34(59)55-16-18-56(19-17-55)41-28-25-29(46)38(36-26(2)7-5-9-30(36)47)39(48)40(28)52-45(53-41)50-14-13-35(60)54(3)20-22-65-24-23-64-21-15-49-31-10-6-8-27-37(31)44(63)57(43(27)62)32-11-12-33(58)51-42(32)61/h4-6,8-10,25-26,32,49H,1,7,11-24H2,2-3H3,(H,50,52,53)(H,51,58,61)/t26-,32?/m0/s1. The summed E-state index contributed by atoms with van der Waals surface area (Å²) in [5.74, 6) is -3.92. The maximum absolute atomic E-state index is 16.6. The molecule has 65 heavy (non-hydrogen) atoms. The molecule has 4 aliphatic rings. The van der Waals surface area contributed by atoms with Crippen molar-refractivity contribution >= 4 is 81.0 Å². The third-order valence-electron chi connectivity index (χ3n) is 11.7. The Kier molecular flexibility index (Phi) is 14.8. The number of nitrogens with one attached hydrogen (secondary N) is 3. The minimum atomic E-state index is -1.06. The molecular weight excluding hydrogens is 868 g/mol. The SMILES string of the molecule is C=CC(=O)N1CCN(c2nc(NCCC(=O)N(C)CCOCCOCCNc3cccc4c3C(=O)N(C3CCC(=O)NC3=O)C4=O)nc3c(F)c(C4=C(F)C=CC[C@@H]4C)c(Cl)cc23)CC1. The Morgan fingerprint density at radius 2 is 1.75 bits per heavy atom. The molecule has 7 rings (SSSR count). The number of nitrogens with zero attached hydrogens (tertiary/aromatic N) is 6. The molecule has 2 saturated heterocycles. The van der Waals surface area contributed by atoms with Gasteiger partial charge < -0.3 is 34.8 Å². The maximum Gasteiger partial charge on any atom is 0.264 e. The topological polar surface area (TPSA) is 196 Å². The van der Waals surface area contributed by atoms with Crippen LogP contribution in [-0.4, -0.2) is 145 Å². The molecule has 4 heterocycles. The number of benzene rings is 2. The Morgan fingerprint density at radius 1 is 1.00 bits per heavy atom. The number of ether oxygens (including phenoxy) is 2. The number of allylic oxidation sites excluding steroid dienone is 4. The summed E-state index contributed by atoms with van der Waals surface area (Å²) in [6.45, 7) is 8.64. The van der Waals surface area contributed by atoms with E-state index in [0.717, 1.165) is 4.90 Å². The summed E-state index contributed by atoms with van der Waals surface area (Å²) in [5, 5.41) is 8.72. The Hall–Kier alpha value is -6.31. The molecule has 1 unspecified atom stereocenters. The number of imide groups is 2. The molecule has 2 aromatic carbocycles. The van der Waals surface area contributed by atoms with Crippen LogP contribution in [0.2, 0.25) is 5.02 Å². The quantitative estimate of drug-likeness (QED) is 0.0928. The van der Waals surface area contributed by atoms with Crippen LogP contribution in [0.4, 0.5) is 26.2 Å². The molecule has 0 bridgehead atoms. The highest BCUT2D eigenvalue weighted by Crippen LogP contribution is 2.42. The van der Waals surface area contributed by atoms with Gasteiger partial charge in [-0.25, -0.2) is 13.8 Å². The van der Waals surface area contributed by atoms with Gasteiger partial charge in [0.25, 0.3) is 11.8 Å². The molecular formula is C45H50ClF2N9O8. The smallest absolute Gasteiger partial charge is 0.264 e. The summed E-state index contributed by atoms with van der Waals surface area (Å²) in [6, 6.07) is 5.32. The first kappa shape index (κ1) is 46.7. The first-order valence-electron chi connectivity index (χ1n) is 21.4. The van der Waals surface area contributed by atoms with Crippen LogP contribution in [-0.2, 0) is 28.7 Å². The minimum Gasteiger partial charge on any atom is -0.382 e. The lowest BCUT2D eigenvalue weighted by Gasteiger charge is -2.35. The van der Waals surface area contributed by atoms with Crippen LogP contribution in [0.5, 0.6) is 0 Å². The number of anilines is 3. The van der Waals surface area contributed by atoms with Crippen LogP contribution in [0.1, 0.15) is 58.9 Å². The van der Waals surface area contributed by atoms with E-state index in [1.807, 2.05) is 4.90 Å². The lowest BCUT2D eigenvalue weighted by atomic mass is 9.86. The second kappa shape index (κ2) is 20.7. The van der Waals surface area contributed by atoms with Crippen molar-refractivity contribution in [3.8, 4) is 0 Å². The Balaban J connectivity index is 0.873. The van der Waals surface area contributed by atoms with E-state index in [-0.39, 0.29) is 109 Å². The van der Waals surface area contributed by atoms with Crippen LogP contribution < -0.4 is 20.9 Å². The molecule has 3 aliphatic heterocycles. The van der Waals surface area contributed by atoms with E-state index in [1.54, 1.807) is 43.1 Å². The van der Waals surface area contributed by atoms with Gasteiger partial charge in [-0.15, -0.1) is 0 Å². The fourth-order valence-corrected chi connectivity index (χ4v) is 8.53. The molecule has 3 aromatic rings. The zero-order valence-corrected chi connectivity index (χ0v) is 36.8.